The number of hydrogen-bond donors (Lipinski definition) is 4. The van der Waals surface area contributed by atoms with Crippen molar-refractivity contribution in [2.75, 3.05) is 13.2 Å². The van der Waals surface area contributed by atoms with Crippen molar-refractivity contribution in [3.05, 3.63) is 0 Å². The van der Waals surface area contributed by atoms with Crippen LogP contribution < -0.4 is 11.1 Å². The number of carboxylic acid groups (broad SMARTS) is 1. The van der Waals surface area contributed by atoms with Gasteiger partial charge in [0.2, 0.25) is 5.91 Å². The molecule has 0 rings (SSSR count). The summed E-state index contributed by atoms with van der Waals surface area (Å²) in [4.78, 5) is 22.6. The van der Waals surface area contributed by atoms with E-state index in [1.165, 1.54) is 0 Å². The SMILES string of the molecule is CCC(C)(CN)C(=O)N[C@H](CCO)C(=O)O. The molecule has 0 aliphatic heterocycles. The summed E-state index contributed by atoms with van der Waals surface area (Å²) in [6, 6.07) is -1.06. The summed E-state index contributed by atoms with van der Waals surface area (Å²) in [6.45, 7) is 3.36. The Morgan fingerprint density at radius 2 is 2.06 bits per heavy atom. The van der Waals surface area contributed by atoms with Crippen LogP contribution in [0.3, 0.4) is 0 Å². The van der Waals surface area contributed by atoms with Crippen LogP contribution in [0, 0.1) is 5.41 Å². The van der Waals surface area contributed by atoms with Crippen LogP contribution in [-0.4, -0.2) is 41.3 Å². The fourth-order valence-corrected chi connectivity index (χ4v) is 1.12. The van der Waals surface area contributed by atoms with Crippen LogP contribution in [0.1, 0.15) is 26.7 Å². The second-order valence-electron chi connectivity index (χ2n) is 3.99. The molecular formula is C10H20N2O4. The van der Waals surface area contributed by atoms with Gasteiger partial charge in [-0.1, -0.05) is 6.92 Å². The quantitative estimate of drug-likeness (QED) is 0.464. The standard InChI is InChI=1S/C10H20N2O4/c1-3-10(2,6-11)9(16)12-7(4-5-13)8(14)15/h7,13H,3-6,11H2,1-2H3,(H,12,16)(H,14,15)/t7-,10?/m1/s1. The summed E-state index contributed by atoms with van der Waals surface area (Å²) in [5.74, 6) is -1.55. The first-order valence-corrected chi connectivity index (χ1v) is 5.26. The Morgan fingerprint density at radius 3 is 2.38 bits per heavy atom. The van der Waals surface area contributed by atoms with Crippen molar-refractivity contribution in [2.24, 2.45) is 11.1 Å². The number of rotatable bonds is 7. The smallest absolute Gasteiger partial charge is 0.326 e. The Bertz CT molecular complexity index is 251. The van der Waals surface area contributed by atoms with Gasteiger partial charge >= 0.3 is 5.97 Å². The van der Waals surface area contributed by atoms with Crippen molar-refractivity contribution in [1.82, 2.24) is 5.32 Å². The highest BCUT2D eigenvalue weighted by atomic mass is 16.4. The first-order chi connectivity index (χ1) is 7.41. The van der Waals surface area contributed by atoms with Gasteiger partial charge in [0, 0.05) is 19.6 Å². The highest BCUT2D eigenvalue weighted by molar-refractivity contribution is 5.87. The molecule has 0 radical (unpaired) electrons. The number of nitrogens with two attached hydrogens (primary N) is 1. The molecule has 6 heteroatoms. The second kappa shape index (κ2) is 6.44. The molecule has 0 heterocycles. The third-order valence-electron chi connectivity index (χ3n) is 2.80. The molecule has 16 heavy (non-hydrogen) atoms. The van der Waals surface area contributed by atoms with Crippen LogP contribution in [0.4, 0.5) is 0 Å². The topological polar surface area (TPSA) is 113 Å². The average molecular weight is 232 g/mol. The number of hydrogen-bond acceptors (Lipinski definition) is 4. The van der Waals surface area contributed by atoms with E-state index in [4.69, 9.17) is 15.9 Å². The van der Waals surface area contributed by atoms with E-state index in [1.54, 1.807) is 6.92 Å². The Morgan fingerprint density at radius 1 is 1.50 bits per heavy atom. The van der Waals surface area contributed by atoms with Gasteiger partial charge in [-0.15, -0.1) is 0 Å². The number of aliphatic hydroxyl groups is 1. The number of amides is 1. The van der Waals surface area contributed by atoms with Gasteiger partial charge in [-0.2, -0.15) is 0 Å². The highest BCUT2D eigenvalue weighted by Gasteiger charge is 2.32. The Kier molecular flexibility index (Phi) is 5.98. The molecule has 0 saturated heterocycles. The molecule has 5 N–H and O–H groups in total. The zero-order chi connectivity index (χ0) is 12.8. The van der Waals surface area contributed by atoms with Gasteiger partial charge in [-0.3, -0.25) is 4.79 Å². The maximum Gasteiger partial charge on any atom is 0.326 e. The molecule has 0 aromatic rings. The van der Waals surface area contributed by atoms with E-state index in [-0.39, 0.29) is 19.6 Å². The zero-order valence-electron chi connectivity index (χ0n) is 9.69. The monoisotopic (exact) mass is 232 g/mol. The molecule has 0 aromatic carbocycles. The lowest BCUT2D eigenvalue weighted by atomic mass is 9.86. The van der Waals surface area contributed by atoms with Crippen molar-refractivity contribution >= 4 is 11.9 Å². The number of nitrogens with one attached hydrogen (secondary N) is 1. The first kappa shape index (κ1) is 14.9. The van der Waals surface area contributed by atoms with Gasteiger partial charge in [0.05, 0.1) is 5.41 Å². The van der Waals surface area contributed by atoms with E-state index in [0.29, 0.717) is 6.42 Å². The van der Waals surface area contributed by atoms with Gasteiger partial charge in [-0.25, -0.2) is 4.79 Å². The maximum atomic E-state index is 11.8. The van der Waals surface area contributed by atoms with Crippen LogP contribution in [0.2, 0.25) is 0 Å². The van der Waals surface area contributed by atoms with Crippen molar-refractivity contribution in [1.29, 1.82) is 0 Å². The number of aliphatic carboxylic acids is 1. The van der Waals surface area contributed by atoms with Gasteiger partial charge in [-0.05, 0) is 13.3 Å². The summed E-state index contributed by atoms with van der Waals surface area (Å²) < 4.78 is 0. The molecule has 0 aliphatic carbocycles. The van der Waals surface area contributed by atoms with E-state index in [9.17, 15) is 9.59 Å². The molecule has 1 unspecified atom stereocenters. The molecule has 6 nitrogen and oxygen atoms in total. The van der Waals surface area contributed by atoms with Crippen molar-refractivity contribution in [3.8, 4) is 0 Å². The second-order valence-corrected chi connectivity index (χ2v) is 3.99. The summed E-state index contributed by atoms with van der Waals surface area (Å²) in [6.07, 6.45) is 0.520. The average Bonchev–Trinajstić information content (AvgIpc) is 2.26. The van der Waals surface area contributed by atoms with Crippen LogP contribution in [-0.2, 0) is 9.59 Å². The molecule has 0 saturated carbocycles. The first-order valence-electron chi connectivity index (χ1n) is 5.26. The fraction of sp³-hybridized carbons (Fsp3) is 0.800. The summed E-state index contributed by atoms with van der Waals surface area (Å²) in [5, 5.41) is 19.9. The zero-order valence-corrected chi connectivity index (χ0v) is 9.69. The van der Waals surface area contributed by atoms with Crippen LogP contribution >= 0.6 is 0 Å². The van der Waals surface area contributed by atoms with E-state index < -0.39 is 23.3 Å². The number of aliphatic hydroxyl groups excluding tert-OH is 1. The molecule has 0 bridgehead atoms. The lowest BCUT2D eigenvalue weighted by Crippen LogP contribution is -2.50. The van der Waals surface area contributed by atoms with Crippen molar-refractivity contribution in [2.45, 2.75) is 32.7 Å². The number of carbonyl (C=O) groups excluding carboxylic acids is 1. The van der Waals surface area contributed by atoms with Crippen LogP contribution in [0.25, 0.3) is 0 Å². The normalized spacial score (nSPS) is 16.2. The third kappa shape index (κ3) is 3.79. The Labute approximate surface area is 94.8 Å². The third-order valence-corrected chi connectivity index (χ3v) is 2.80. The van der Waals surface area contributed by atoms with Crippen LogP contribution in [0.5, 0.6) is 0 Å². The lowest BCUT2D eigenvalue weighted by molar-refractivity contribution is -0.144. The van der Waals surface area contributed by atoms with E-state index in [0.717, 1.165) is 0 Å². The van der Waals surface area contributed by atoms with Crippen LogP contribution in [0.15, 0.2) is 0 Å². The molecule has 0 spiro atoms. The molecule has 0 fully saturated rings. The Balaban J connectivity index is 4.56. The summed E-state index contributed by atoms with van der Waals surface area (Å²) in [7, 11) is 0. The molecule has 1 amide bonds. The van der Waals surface area contributed by atoms with Gasteiger partial charge in [0.25, 0.3) is 0 Å². The molecule has 0 aliphatic rings. The van der Waals surface area contributed by atoms with Gasteiger partial charge in [0.1, 0.15) is 6.04 Å². The van der Waals surface area contributed by atoms with E-state index >= 15 is 0 Å². The summed E-state index contributed by atoms with van der Waals surface area (Å²) in [5.41, 5.74) is 4.73. The van der Waals surface area contributed by atoms with Gasteiger partial charge < -0.3 is 21.3 Å². The largest absolute Gasteiger partial charge is 0.480 e. The molecular weight excluding hydrogens is 212 g/mol. The van der Waals surface area contributed by atoms with E-state index in [1.807, 2.05) is 6.92 Å². The minimum Gasteiger partial charge on any atom is -0.480 e. The number of carboxylic acids is 1. The van der Waals surface area contributed by atoms with E-state index in [2.05, 4.69) is 5.32 Å². The highest BCUT2D eigenvalue weighted by Crippen LogP contribution is 2.19. The number of carbonyl (C=O) groups is 2. The lowest BCUT2D eigenvalue weighted by Gasteiger charge is -2.26. The predicted molar refractivity (Wildman–Crippen MR) is 58.7 cm³/mol. The van der Waals surface area contributed by atoms with Crippen molar-refractivity contribution in [3.63, 3.8) is 0 Å². The maximum absolute atomic E-state index is 11.8. The molecule has 2 atom stereocenters. The Hall–Kier alpha value is -1.14. The minimum atomic E-state index is -1.15. The molecule has 94 valence electrons. The summed E-state index contributed by atoms with van der Waals surface area (Å²) >= 11 is 0. The van der Waals surface area contributed by atoms with Crippen molar-refractivity contribution < 1.29 is 19.8 Å². The fourth-order valence-electron chi connectivity index (χ4n) is 1.12. The van der Waals surface area contributed by atoms with Gasteiger partial charge in [0.15, 0.2) is 0 Å². The minimum absolute atomic E-state index is 0.00849. The molecule has 0 aromatic heterocycles. The predicted octanol–water partition coefficient (Wildman–Crippen LogP) is -0.687.